The molecule has 1 unspecified atom stereocenters. The van der Waals surface area contributed by atoms with E-state index in [1.54, 1.807) is 0 Å². The molecule has 0 aromatic carbocycles. The van der Waals surface area contributed by atoms with Gasteiger partial charge in [-0.3, -0.25) is 9.59 Å². The summed E-state index contributed by atoms with van der Waals surface area (Å²) >= 11 is 0. The fourth-order valence-electron chi connectivity index (χ4n) is 9.83. The molecule has 4 aliphatic rings. The molecule has 0 spiro atoms. The molecule has 3 fully saturated rings. The molecular formula is C31H50O5. The molecule has 204 valence electrons. The number of rotatable bonds is 6. The number of carbonyl (C=O) groups excluding carboxylic acids is 2. The van der Waals surface area contributed by atoms with Gasteiger partial charge >= 0.3 is 5.97 Å². The minimum absolute atomic E-state index is 0.00235. The minimum atomic E-state index is -0.771. The second-order valence-corrected chi connectivity index (χ2v) is 13.8. The lowest BCUT2D eigenvalue weighted by Gasteiger charge is -2.70. The second kappa shape index (κ2) is 9.52. The molecule has 4 aliphatic carbocycles. The summed E-state index contributed by atoms with van der Waals surface area (Å²) in [6, 6.07) is 0. The number of esters is 1. The highest BCUT2D eigenvalue weighted by molar-refractivity contribution is 5.94. The maximum atomic E-state index is 13.0. The fraction of sp³-hybridized carbons (Fsp3) is 0.871. The minimum Gasteiger partial charge on any atom is -0.461 e. The van der Waals surface area contributed by atoms with Crippen molar-refractivity contribution in [1.82, 2.24) is 0 Å². The quantitative estimate of drug-likeness (QED) is 0.435. The van der Waals surface area contributed by atoms with Gasteiger partial charge in [0.15, 0.2) is 5.78 Å². The van der Waals surface area contributed by atoms with Crippen molar-refractivity contribution in [3.63, 3.8) is 0 Å². The predicted octanol–water partition coefficient (Wildman–Crippen LogP) is 6.00. The molecule has 3 saturated carbocycles. The largest absolute Gasteiger partial charge is 0.461 e. The van der Waals surface area contributed by atoms with Crippen LogP contribution in [-0.2, 0) is 14.3 Å². The standard InChI is InChI=1S/C31H50O5/c1-8-20(33)15-27(35)36-26-17-25-29(5)13-10-12-28(4,9-2)23(29)11-14-30(25,6)24-16-22(34)21(19(3)32)18-31(24,26)7/h18,20,22-26,33-34H,8-17H2,1-7H3/t20?,22-,23+,24+,25-,26+,28+,29+,30+,31-/m1/s1. The first-order valence-electron chi connectivity index (χ1n) is 14.5. The van der Waals surface area contributed by atoms with E-state index in [0.29, 0.717) is 35.7 Å². The van der Waals surface area contributed by atoms with Crippen LogP contribution >= 0.6 is 0 Å². The second-order valence-electron chi connectivity index (χ2n) is 13.8. The van der Waals surface area contributed by atoms with Crippen LogP contribution in [0.1, 0.15) is 113 Å². The van der Waals surface area contributed by atoms with E-state index in [0.717, 1.165) is 12.8 Å². The Balaban J connectivity index is 1.79. The van der Waals surface area contributed by atoms with Crippen LogP contribution in [0.15, 0.2) is 11.6 Å². The summed E-state index contributed by atoms with van der Waals surface area (Å²) in [6.07, 6.45) is 9.16. The van der Waals surface area contributed by atoms with Crippen LogP contribution in [0.5, 0.6) is 0 Å². The summed E-state index contributed by atoms with van der Waals surface area (Å²) in [5, 5.41) is 21.2. The number of aliphatic hydroxyl groups is 2. The van der Waals surface area contributed by atoms with Gasteiger partial charge in [-0.2, -0.15) is 0 Å². The van der Waals surface area contributed by atoms with E-state index >= 15 is 0 Å². The van der Waals surface area contributed by atoms with Crippen molar-refractivity contribution in [2.24, 2.45) is 39.4 Å². The number of ketones is 1. The molecule has 0 bridgehead atoms. The molecule has 0 heterocycles. The number of carbonyl (C=O) groups is 2. The molecular weight excluding hydrogens is 452 g/mol. The highest BCUT2D eigenvalue weighted by atomic mass is 16.5. The third-order valence-electron chi connectivity index (χ3n) is 12.0. The van der Waals surface area contributed by atoms with Crippen molar-refractivity contribution in [2.75, 3.05) is 0 Å². The number of Topliss-reactive ketones (excluding diaryl/α,β-unsaturated/α-hetero) is 1. The molecule has 0 radical (unpaired) electrons. The molecule has 36 heavy (non-hydrogen) atoms. The number of ether oxygens (including phenoxy) is 1. The maximum Gasteiger partial charge on any atom is 0.308 e. The molecule has 0 aliphatic heterocycles. The van der Waals surface area contributed by atoms with Crippen LogP contribution < -0.4 is 0 Å². The van der Waals surface area contributed by atoms with Gasteiger partial charge in [0.1, 0.15) is 6.10 Å². The van der Waals surface area contributed by atoms with Gasteiger partial charge in [-0.25, -0.2) is 0 Å². The van der Waals surface area contributed by atoms with Crippen LogP contribution in [0.25, 0.3) is 0 Å². The van der Waals surface area contributed by atoms with Crippen molar-refractivity contribution in [3.8, 4) is 0 Å². The number of hydrogen-bond donors (Lipinski definition) is 2. The molecule has 5 nitrogen and oxygen atoms in total. The first-order valence-corrected chi connectivity index (χ1v) is 14.5. The van der Waals surface area contributed by atoms with Gasteiger partial charge in [-0.05, 0) is 85.9 Å². The van der Waals surface area contributed by atoms with Crippen LogP contribution in [0, 0.1) is 39.4 Å². The molecule has 4 rings (SSSR count). The summed E-state index contributed by atoms with van der Waals surface area (Å²) in [7, 11) is 0. The molecule has 0 aromatic heterocycles. The van der Waals surface area contributed by atoms with E-state index in [4.69, 9.17) is 4.74 Å². The lowest BCUT2D eigenvalue weighted by molar-refractivity contribution is -0.229. The first kappa shape index (κ1) is 27.8. The predicted molar refractivity (Wildman–Crippen MR) is 141 cm³/mol. The summed E-state index contributed by atoms with van der Waals surface area (Å²) < 4.78 is 6.26. The summed E-state index contributed by atoms with van der Waals surface area (Å²) in [5.41, 5.74) is 0.421. The lowest BCUT2D eigenvalue weighted by Crippen LogP contribution is -2.65. The van der Waals surface area contributed by atoms with Crippen LogP contribution in [0.3, 0.4) is 0 Å². The van der Waals surface area contributed by atoms with Gasteiger partial charge in [-0.1, -0.05) is 60.5 Å². The van der Waals surface area contributed by atoms with Crippen molar-refractivity contribution >= 4 is 11.8 Å². The Kier molecular flexibility index (Phi) is 7.36. The van der Waals surface area contributed by atoms with Gasteiger partial charge in [-0.15, -0.1) is 0 Å². The third-order valence-corrected chi connectivity index (χ3v) is 12.0. The topological polar surface area (TPSA) is 83.8 Å². The van der Waals surface area contributed by atoms with E-state index < -0.39 is 17.6 Å². The zero-order chi connectivity index (χ0) is 26.7. The molecule has 10 atom stereocenters. The van der Waals surface area contributed by atoms with Gasteiger partial charge in [0, 0.05) is 11.0 Å². The Bertz CT molecular complexity index is 911. The first-order chi connectivity index (χ1) is 16.7. The third kappa shape index (κ3) is 4.21. The average molecular weight is 503 g/mol. The zero-order valence-corrected chi connectivity index (χ0v) is 23.7. The van der Waals surface area contributed by atoms with E-state index in [2.05, 4.69) is 34.6 Å². The number of hydrogen-bond acceptors (Lipinski definition) is 5. The summed E-state index contributed by atoms with van der Waals surface area (Å²) in [4.78, 5) is 25.5. The van der Waals surface area contributed by atoms with Gasteiger partial charge < -0.3 is 14.9 Å². The van der Waals surface area contributed by atoms with Crippen molar-refractivity contribution < 1.29 is 24.5 Å². The number of fused-ring (bicyclic) bond motifs is 5. The van der Waals surface area contributed by atoms with Crippen LogP contribution in [0.4, 0.5) is 0 Å². The maximum absolute atomic E-state index is 13.0. The fourth-order valence-corrected chi connectivity index (χ4v) is 9.83. The molecule has 0 amide bonds. The molecule has 0 aromatic rings. The summed E-state index contributed by atoms with van der Waals surface area (Å²) in [6.45, 7) is 15.3. The van der Waals surface area contributed by atoms with E-state index in [1.807, 2.05) is 13.0 Å². The van der Waals surface area contributed by atoms with Crippen molar-refractivity contribution in [1.29, 1.82) is 0 Å². The monoisotopic (exact) mass is 502 g/mol. The van der Waals surface area contributed by atoms with Crippen LogP contribution in [-0.4, -0.2) is 40.3 Å². The van der Waals surface area contributed by atoms with Crippen LogP contribution in [0.2, 0.25) is 0 Å². The Morgan fingerprint density at radius 1 is 1.03 bits per heavy atom. The zero-order valence-electron chi connectivity index (χ0n) is 23.7. The molecule has 0 saturated heterocycles. The van der Waals surface area contributed by atoms with E-state index in [-0.39, 0.29) is 41.0 Å². The smallest absolute Gasteiger partial charge is 0.308 e. The summed E-state index contributed by atoms with van der Waals surface area (Å²) in [5.74, 6) is 0.662. The Hall–Kier alpha value is -1.20. The Morgan fingerprint density at radius 2 is 1.69 bits per heavy atom. The SMILES string of the molecule is CCC(O)CC(=O)O[C@H]1C[C@H]2[C@@](C)(CC[C@H]3[C@@](C)(CC)CCC[C@]23C)[C@@H]2C[C@@H](O)C(C(C)=O)=C[C@@]12C. The average Bonchev–Trinajstić information content (AvgIpc) is 2.80. The van der Waals surface area contributed by atoms with Gasteiger partial charge in [0.05, 0.1) is 18.6 Å². The molecule has 5 heteroatoms. The van der Waals surface area contributed by atoms with Gasteiger partial charge in [0.25, 0.3) is 0 Å². The van der Waals surface area contributed by atoms with E-state index in [1.165, 1.54) is 39.0 Å². The van der Waals surface area contributed by atoms with E-state index in [9.17, 15) is 19.8 Å². The Labute approximate surface area is 218 Å². The number of aliphatic hydroxyl groups excluding tert-OH is 2. The normalized spacial score (nSPS) is 47.0. The highest BCUT2D eigenvalue weighted by Gasteiger charge is 2.67. The Morgan fingerprint density at radius 3 is 2.31 bits per heavy atom. The lowest BCUT2D eigenvalue weighted by atomic mass is 9.35. The van der Waals surface area contributed by atoms with Crippen molar-refractivity contribution in [2.45, 2.75) is 131 Å². The van der Waals surface area contributed by atoms with Crippen molar-refractivity contribution in [3.05, 3.63) is 11.6 Å². The highest BCUT2D eigenvalue weighted by Crippen LogP contribution is 2.72. The van der Waals surface area contributed by atoms with Gasteiger partial charge in [0.2, 0.25) is 0 Å². The molecule has 2 N–H and O–H groups in total.